The van der Waals surface area contributed by atoms with Gasteiger partial charge in [0.05, 0.1) is 12.6 Å². The van der Waals surface area contributed by atoms with E-state index in [9.17, 15) is 4.79 Å². The molecule has 1 aliphatic heterocycles. The lowest BCUT2D eigenvalue weighted by Crippen LogP contribution is -2.20. The Morgan fingerprint density at radius 2 is 2.00 bits per heavy atom. The Morgan fingerprint density at radius 1 is 1.19 bits per heavy atom. The molecule has 26 heavy (non-hydrogen) atoms. The second kappa shape index (κ2) is 6.92. The first-order valence-electron chi connectivity index (χ1n) is 8.48. The summed E-state index contributed by atoms with van der Waals surface area (Å²) in [5.41, 5.74) is 6.47. The number of H-pyrrole nitrogens is 1. The normalized spacial score (nSPS) is 13.3. The number of nitrogens with zero attached hydrogens (tertiary/aromatic N) is 1. The second-order valence-electron chi connectivity index (χ2n) is 6.16. The minimum absolute atomic E-state index is 0.185. The minimum Gasteiger partial charge on any atom is -0.486 e. The molecule has 0 fully saturated rings. The van der Waals surface area contributed by atoms with Gasteiger partial charge in [-0.15, -0.1) is 0 Å². The quantitative estimate of drug-likeness (QED) is 0.562. The summed E-state index contributed by atoms with van der Waals surface area (Å²) in [5, 5.41) is 5.19. The monoisotopic (exact) mass is 349 g/mol. The van der Waals surface area contributed by atoms with Gasteiger partial charge < -0.3 is 14.5 Å². The Morgan fingerprint density at radius 3 is 2.88 bits per heavy atom. The summed E-state index contributed by atoms with van der Waals surface area (Å²) < 4.78 is 11.0. The molecule has 0 radical (unpaired) electrons. The number of hydrogen-bond donors (Lipinski definition) is 2. The number of benzene rings is 2. The summed E-state index contributed by atoms with van der Waals surface area (Å²) in [6, 6.07) is 13.5. The Balaban J connectivity index is 1.42. The highest BCUT2D eigenvalue weighted by Crippen LogP contribution is 2.30. The average Bonchev–Trinajstić information content (AvgIpc) is 2.97. The van der Waals surface area contributed by atoms with Gasteiger partial charge in [-0.05, 0) is 30.7 Å². The van der Waals surface area contributed by atoms with Crippen LogP contribution < -0.4 is 14.9 Å². The molecule has 0 unspecified atom stereocenters. The number of para-hydroxylation sites is 1. The van der Waals surface area contributed by atoms with Crippen molar-refractivity contribution in [1.29, 1.82) is 0 Å². The first kappa shape index (κ1) is 16.2. The molecule has 6 nitrogen and oxygen atoms in total. The number of hydrazone groups is 1. The predicted molar refractivity (Wildman–Crippen MR) is 99.9 cm³/mol. The summed E-state index contributed by atoms with van der Waals surface area (Å²) in [7, 11) is 0. The van der Waals surface area contributed by atoms with Gasteiger partial charge in [0.15, 0.2) is 11.5 Å². The molecule has 2 aromatic carbocycles. The number of nitrogens with one attached hydrogen (secondary N) is 2. The van der Waals surface area contributed by atoms with Gasteiger partial charge in [-0.1, -0.05) is 24.3 Å². The van der Waals surface area contributed by atoms with E-state index in [0.29, 0.717) is 24.7 Å². The lowest BCUT2D eigenvalue weighted by Gasteiger charge is -2.18. The van der Waals surface area contributed by atoms with Crippen molar-refractivity contribution in [3.8, 4) is 11.5 Å². The summed E-state index contributed by atoms with van der Waals surface area (Å²) in [6.45, 7) is 3.06. The molecular weight excluding hydrogens is 330 g/mol. The Hall–Kier alpha value is -3.28. The third-order valence-corrected chi connectivity index (χ3v) is 4.30. The minimum atomic E-state index is -0.185. The molecule has 3 aromatic rings. The molecule has 0 spiro atoms. The molecule has 1 aliphatic rings. The fourth-order valence-corrected chi connectivity index (χ4v) is 3.06. The third-order valence-electron chi connectivity index (χ3n) is 4.30. The molecule has 2 N–H and O–H groups in total. The number of rotatable bonds is 4. The number of fused-ring (bicyclic) bond motifs is 2. The van der Waals surface area contributed by atoms with E-state index in [1.807, 2.05) is 49.4 Å². The van der Waals surface area contributed by atoms with Gasteiger partial charge in [-0.2, -0.15) is 5.10 Å². The zero-order valence-electron chi connectivity index (χ0n) is 14.4. The fraction of sp³-hybridized carbons (Fsp3) is 0.200. The van der Waals surface area contributed by atoms with Crippen LogP contribution in [0.5, 0.6) is 11.5 Å². The van der Waals surface area contributed by atoms with Gasteiger partial charge in [0, 0.05) is 22.2 Å². The molecule has 1 aromatic heterocycles. The van der Waals surface area contributed by atoms with Crippen molar-refractivity contribution in [2.24, 2.45) is 5.10 Å². The van der Waals surface area contributed by atoms with Crippen LogP contribution in [-0.2, 0) is 11.2 Å². The van der Waals surface area contributed by atoms with Gasteiger partial charge in [-0.3, -0.25) is 4.79 Å². The largest absolute Gasteiger partial charge is 0.486 e. The van der Waals surface area contributed by atoms with Crippen LogP contribution in [0, 0.1) is 6.92 Å². The summed E-state index contributed by atoms with van der Waals surface area (Å²) >= 11 is 0. The van der Waals surface area contributed by atoms with Gasteiger partial charge >= 0.3 is 0 Å². The summed E-state index contributed by atoms with van der Waals surface area (Å²) in [4.78, 5) is 15.5. The number of aryl methyl sites for hydroxylation is 1. The van der Waals surface area contributed by atoms with E-state index < -0.39 is 0 Å². The van der Waals surface area contributed by atoms with E-state index >= 15 is 0 Å². The molecule has 0 saturated carbocycles. The number of hydrogen-bond acceptors (Lipinski definition) is 4. The number of carbonyl (C=O) groups excluding carboxylic acids is 1. The number of carbonyl (C=O) groups is 1. The molecule has 0 aliphatic carbocycles. The molecule has 0 atom stereocenters. The van der Waals surface area contributed by atoms with Crippen LogP contribution in [0.3, 0.4) is 0 Å². The van der Waals surface area contributed by atoms with Crippen molar-refractivity contribution in [3.05, 3.63) is 59.3 Å². The fourth-order valence-electron chi connectivity index (χ4n) is 3.06. The molecular formula is C20H19N3O3. The van der Waals surface area contributed by atoms with E-state index in [-0.39, 0.29) is 12.3 Å². The zero-order chi connectivity index (χ0) is 17.9. The first-order valence-corrected chi connectivity index (χ1v) is 8.48. The summed E-state index contributed by atoms with van der Waals surface area (Å²) in [6.07, 6.45) is 1.90. The number of aromatic amines is 1. The van der Waals surface area contributed by atoms with Crippen molar-refractivity contribution < 1.29 is 14.3 Å². The second-order valence-corrected chi connectivity index (χ2v) is 6.16. The number of aromatic nitrogens is 1. The van der Waals surface area contributed by atoms with Crippen molar-refractivity contribution in [1.82, 2.24) is 10.4 Å². The Kier molecular flexibility index (Phi) is 4.31. The highest BCUT2D eigenvalue weighted by atomic mass is 16.6. The number of ether oxygens (including phenoxy) is 2. The van der Waals surface area contributed by atoms with Gasteiger partial charge in [0.1, 0.15) is 13.2 Å². The Bertz CT molecular complexity index is 991. The van der Waals surface area contributed by atoms with Gasteiger partial charge in [0.25, 0.3) is 0 Å². The van der Waals surface area contributed by atoms with E-state index in [4.69, 9.17) is 9.47 Å². The SMILES string of the molecule is Cc1[nH]c2ccccc2c1/C=N\NC(=O)Cc1ccc2c(c1)OCCO2. The van der Waals surface area contributed by atoms with E-state index in [0.717, 1.165) is 27.7 Å². The molecule has 132 valence electrons. The highest BCUT2D eigenvalue weighted by molar-refractivity contribution is 6.00. The molecule has 0 bridgehead atoms. The van der Waals surface area contributed by atoms with Crippen molar-refractivity contribution in [3.63, 3.8) is 0 Å². The van der Waals surface area contributed by atoms with Crippen LogP contribution in [0.15, 0.2) is 47.6 Å². The highest BCUT2D eigenvalue weighted by Gasteiger charge is 2.13. The first-order chi connectivity index (χ1) is 12.7. The van der Waals surface area contributed by atoms with E-state index in [1.54, 1.807) is 6.21 Å². The van der Waals surface area contributed by atoms with Crippen LogP contribution in [0.2, 0.25) is 0 Å². The lowest BCUT2D eigenvalue weighted by atomic mass is 10.1. The van der Waals surface area contributed by atoms with Crippen LogP contribution in [0.25, 0.3) is 10.9 Å². The van der Waals surface area contributed by atoms with Gasteiger partial charge in [0.2, 0.25) is 5.91 Å². The molecule has 0 saturated heterocycles. The van der Waals surface area contributed by atoms with Crippen LogP contribution in [0.1, 0.15) is 16.8 Å². The molecule has 2 heterocycles. The predicted octanol–water partition coefficient (Wildman–Crippen LogP) is 2.94. The maximum Gasteiger partial charge on any atom is 0.244 e. The smallest absolute Gasteiger partial charge is 0.244 e. The Labute approximate surface area is 150 Å². The maximum absolute atomic E-state index is 12.2. The standard InChI is InChI=1S/C20H19N3O3/c1-13-16(15-4-2-3-5-17(15)22-13)12-21-23-20(24)11-14-6-7-18-19(10-14)26-9-8-25-18/h2-7,10,12,22H,8-9,11H2,1H3,(H,23,24)/b21-12-. The van der Waals surface area contributed by atoms with Crippen LogP contribution in [0.4, 0.5) is 0 Å². The summed E-state index contributed by atoms with van der Waals surface area (Å²) in [5.74, 6) is 1.21. The van der Waals surface area contributed by atoms with Crippen molar-refractivity contribution >= 4 is 23.0 Å². The topological polar surface area (TPSA) is 75.7 Å². The van der Waals surface area contributed by atoms with E-state index in [1.165, 1.54) is 0 Å². The van der Waals surface area contributed by atoms with Gasteiger partial charge in [-0.25, -0.2) is 5.43 Å². The maximum atomic E-state index is 12.2. The zero-order valence-corrected chi connectivity index (χ0v) is 14.4. The molecule has 6 heteroatoms. The van der Waals surface area contributed by atoms with Crippen LogP contribution in [-0.4, -0.2) is 30.3 Å². The molecule has 4 rings (SSSR count). The van der Waals surface area contributed by atoms with Crippen molar-refractivity contribution in [2.45, 2.75) is 13.3 Å². The number of amides is 1. The van der Waals surface area contributed by atoms with Crippen LogP contribution >= 0.6 is 0 Å². The molecule has 1 amide bonds. The van der Waals surface area contributed by atoms with Crippen molar-refractivity contribution in [2.75, 3.05) is 13.2 Å². The lowest BCUT2D eigenvalue weighted by molar-refractivity contribution is -0.120. The average molecular weight is 349 g/mol. The third kappa shape index (κ3) is 3.26. The van der Waals surface area contributed by atoms with E-state index in [2.05, 4.69) is 15.5 Å².